The smallest absolute Gasteiger partial charge is 0.326 e. The second kappa shape index (κ2) is 5.39. The number of benzene rings is 1. The standard InChI is InChI=1S/C12H15NO5/c1-6(2)9(12(17)18)13-11(16)7-4-3-5-8(14)10(7)15/h3-6,9,14-15H,1-2H3,(H,13,16)(H,17,18). The van der Waals surface area contributed by atoms with E-state index in [0.29, 0.717) is 0 Å². The number of carboxylic acids is 1. The number of carbonyl (C=O) groups excluding carboxylic acids is 1. The number of rotatable bonds is 4. The zero-order valence-corrected chi connectivity index (χ0v) is 10.0. The van der Waals surface area contributed by atoms with Crippen LogP contribution in [0.3, 0.4) is 0 Å². The van der Waals surface area contributed by atoms with Crippen molar-refractivity contribution in [3.63, 3.8) is 0 Å². The molecule has 18 heavy (non-hydrogen) atoms. The summed E-state index contributed by atoms with van der Waals surface area (Å²) in [5.41, 5.74) is -0.165. The number of carbonyl (C=O) groups is 2. The lowest BCUT2D eigenvalue weighted by molar-refractivity contribution is -0.140. The van der Waals surface area contributed by atoms with Crippen molar-refractivity contribution < 1.29 is 24.9 Å². The van der Waals surface area contributed by atoms with E-state index in [9.17, 15) is 19.8 Å². The Morgan fingerprint density at radius 3 is 2.33 bits per heavy atom. The first-order chi connectivity index (χ1) is 8.34. The van der Waals surface area contributed by atoms with Crippen molar-refractivity contribution in [2.45, 2.75) is 19.9 Å². The molecular formula is C12H15NO5. The molecule has 0 fully saturated rings. The van der Waals surface area contributed by atoms with Crippen LogP contribution in [0, 0.1) is 5.92 Å². The Morgan fingerprint density at radius 1 is 1.22 bits per heavy atom. The summed E-state index contributed by atoms with van der Waals surface area (Å²) in [4.78, 5) is 22.7. The van der Waals surface area contributed by atoms with E-state index in [0.717, 1.165) is 0 Å². The van der Waals surface area contributed by atoms with Crippen molar-refractivity contribution in [3.8, 4) is 11.5 Å². The predicted molar refractivity (Wildman–Crippen MR) is 63.5 cm³/mol. The Balaban J connectivity index is 2.94. The third-order valence-electron chi connectivity index (χ3n) is 2.48. The first-order valence-corrected chi connectivity index (χ1v) is 5.39. The zero-order valence-electron chi connectivity index (χ0n) is 10.0. The second-order valence-electron chi connectivity index (χ2n) is 4.21. The van der Waals surface area contributed by atoms with E-state index in [1.807, 2.05) is 0 Å². The molecule has 0 radical (unpaired) electrons. The van der Waals surface area contributed by atoms with Gasteiger partial charge in [0, 0.05) is 0 Å². The number of para-hydroxylation sites is 1. The molecule has 1 aromatic rings. The molecule has 1 rings (SSSR count). The normalized spacial score (nSPS) is 12.2. The van der Waals surface area contributed by atoms with Crippen LogP contribution in [-0.2, 0) is 4.79 Å². The van der Waals surface area contributed by atoms with E-state index in [1.54, 1.807) is 13.8 Å². The van der Waals surface area contributed by atoms with Gasteiger partial charge in [0.25, 0.3) is 5.91 Å². The van der Waals surface area contributed by atoms with Crippen molar-refractivity contribution in [1.29, 1.82) is 0 Å². The Labute approximate surface area is 104 Å². The van der Waals surface area contributed by atoms with E-state index in [2.05, 4.69) is 5.32 Å². The first kappa shape index (κ1) is 13.8. The molecule has 0 aromatic heterocycles. The van der Waals surface area contributed by atoms with Crippen LogP contribution in [0.1, 0.15) is 24.2 Å². The van der Waals surface area contributed by atoms with Crippen LogP contribution in [0.4, 0.5) is 0 Å². The number of phenols is 2. The highest BCUT2D eigenvalue weighted by Gasteiger charge is 2.25. The van der Waals surface area contributed by atoms with Crippen LogP contribution in [0.15, 0.2) is 18.2 Å². The molecule has 0 saturated carbocycles. The van der Waals surface area contributed by atoms with Crippen LogP contribution < -0.4 is 5.32 Å². The second-order valence-corrected chi connectivity index (χ2v) is 4.21. The number of aromatic hydroxyl groups is 2. The average Bonchev–Trinajstić information content (AvgIpc) is 2.28. The number of nitrogens with one attached hydrogen (secondary N) is 1. The van der Waals surface area contributed by atoms with E-state index >= 15 is 0 Å². The summed E-state index contributed by atoms with van der Waals surface area (Å²) in [6.07, 6.45) is 0. The lowest BCUT2D eigenvalue weighted by Gasteiger charge is -2.18. The number of amides is 1. The lowest BCUT2D eigenvalue weighted by Crippen LogP contribution is -2.44. The Hall–Kier alpha value is -2.24. The molecule has 98 valence electrons. The monoisotopic (exact) mass is 253 g/mol. The summed E-state index contributed by atoms with van der Waals surface area (Å²) < 4.78 is 0. The third kappa shape index (κ3) is 2.91. The van der Waals surface area contributed by atoms with Gasteiger partial charge in [-0.1, -0.05) is 19.9 Å². The molecule has 1 unspecified atom stereocenters. The van der Waals surface area contributed by atoms with Crippen molar-refractivity contribution in [2.24, 2.45) is 5.92 Å². The number of hydrogen-bond acceptors (Lipinski definition) is 4. The van der Waals surface area contributed by atoms with E-state index in [4.69, 9.17) is 5.11 Å². The molecule has 0 aliphatic carbocycles. The Kier molecular flexibility index (Phi) is 4.14. The summed E-state index contributed by atoms with van der Waals surface area (Å²) in [7, 11) is 0. The molecule has 4 N–H and O–H groups in total. The fourth-order valence-corrected chi connectivity index (χ4v) is 1.45. The number of carboxylic acid groups (broad SMARTS) is 1. The predicted octanol–water partition coefficient (Wildman–Crippen LogP) is 0.937. The SMILES string of the molecule is CC(C)C(NC(=O)c1cccc(O)c1O)C(=O)O. The molecule has 0 heterocycles. The van der Waals surface area contributed by atoms with Crippen LogP contribution in [0.5, 0.6) is 11.5 Å². The molecule has 6 nitrogen and oxygen atoms in total. The number of aliphatic carboxylic acids is 1. The topological polar surface area (TPSA) is 107 Å². The Bertz CT molecular complexity index is 470. The highest BCUT2D eigenvalue weighted by molar-refractivity contribution is 5.99. The van der Waals surface area contributed by atoms with Gasteiger partial charge in [0.05, 0.1) is 5.56 Å². The molecule has 1 atom stereocenters. The minimum Gasteiger partial charge on any atom is -0.504 e. The quantitative estimate of drug-likeness (QED) is 0.597. The summed E-state index contributed by atoms with van der Waals surface area (Å²) in [5, 5.41) is 30.0. The van der Waals surface area contributed by atoms with Gasteiger partial charge in [-0.25, -0.2) is 4.79 Å². The highest BCUT2D eigenvalue weighted by Crippen LogP contribution is 2.28. The maximum atomic E-state index is 11.8. The van der Waals surface area contributed by atoms with Crippen LogP contribution in [-0.4, -0.2) is 33.2 Å². The Morgan fingerprint density at radius 2 is 1.83 bits per heavy atom. The van der Waals surface area contributed by atoms with Gasteiger partial charge in [-0.2, -0.15) is 0 Å². The van der Waals surface area contributed by atoms with E-state index in [1.165, 1.54) is 18.2 Å². The van der Waals surface area contributed by atoms with Gasteiger partial charge in [-0.05, 0) is 18.1 Å². The van der Waals surface area contributed by atoms with Crippen molar-refractivity contribution >= 4 is 11.9 Å². The number of hydrogen-bond donors (Lipinski definition) is 4. The lowest BCUT2D eigenvalue weighted by atomic mass is 10.0. The molecule has 0 aliphatic rings. The fourth-order valence-electron chi connectivity index (χ4n) is 1.45. The van der Waals surface area contributed by atoms with Gasteiger partial charge in [0.2, 0.25) is 0 Å². The summed E-state index contributed by atoms with van der Waals surface area (Å²) in [6.45, 7) is 3.31. The number of phenolic OH excluding ortho intramolecular Hbond substituents is 2. The first-order valence-electron chi connectivity index (χ1n) is 5.39. The molecular weight excluding hydrogens is 238 g/mol. The minimum atomic E-state index is -1.15. The van der Waals surface area contributed by atoms with Gasteiger partial charge in [0.1, 0.15) is 6.04 Å². The largest absolute Gasteiger partial charge is 0.504 e. The highest BCUT2D eigenvalue weighted by atomic mass is 16.4. The summed E-state index contributed by atoms with van der Waals surface area (Å²) >= 11 is 0. The van der Waals surface area contributed by atoms with Gasteiger partial charge in [-0.15, -0.1) is 0 Å². The van der Waals surface area contributed by atoms with Crippen LogP contribution >= 0.6 is 0 Å². The maximum Gasteiger partial charge on any atom is 0.326 e. The zero-order chi connectivity index (χ0) is 13.9. The van der Waals surface area contributed by atoms with E-state index < -0.39 is 29.4 Å². The maximum absolute atomic E-state index is 11.8. The minimum absolute atomic E-state index is 0.165. The average molecular weight is 253 g/mol. The molecule has 0 spiro atoms. The molecule has 1 amide bonds. The van der Waals surface area contributed by atoms with Crippen LogP contribution in [0.25, 0.3) is 0 Å². The fraction of sp³-hybridized carbons (Fsp3) is 0.333. The molecule has 0 saturated heterocycles. The van der Waals surface area contributed by atoms with Crippen molar-refractivity contribution in [2.75, 3.05) is 0 Å². The van der Waals surface area contributed by atoms with Gasteiger partial charge in [0.15, 0.2) is 11.5 Å². The van der Waals surface area contributed by atoms with Crippen molar-refractivity contribution in [3.05, 3.63) is 23.8 Å². The van der Waals surface area contributed by atoms with Gasteiger partial charge in [-0.3, -0.25) is 4.79 Å². The molecule has 6 heteroatoms. The van der Waals surface area contributed by atoms with Gasteiger partial charge >= 0.3 is 5.97 Å². The molecule has 0 aliphatic heterocycles. The van der Waals surface area contributed by atoms with Crippen molar-refractivity contribution in [1.82, 2.24) is 5.32 Å². The summed E-state index contributed by atoms with van der Waals surface area (Å²) in [6, 6.07) is 2.85. The summed E-state index contributed by atoms with van der Waals surface area (Å²) in [5.74, 6) is -3.20. The molecule has 1 aromatic carbocycles. The third-order valence-corrected chi connectivity index (χ3v) is 2.48. The van der Waals surface area contributed by atoms with Crippen LogP contribution in [0.2, 0.25) is 0 Å². The molecule has 0 bridgehead atoms. The van der Waals surface area contributed by atoms with Gasteiger partial charge < -0.3 is 20.6 Å². The van der Waals surface area contributed by atoms with E-state index in [-0.39, 0.29) is 11.5 Å².